The van der Waals surface area contributed by atoms with Gasteiger partial charge < -0.3 is 4.57 Å². The molecule has 0 amide bonds. The van der Waals surface area contributed by atoms with Crippen LogP contribution in [0.2, 0.25) is 0 Å². The fourth-order valence-electron chi connectivity index (χ4n) is 4.02. The van der Waals surface area contributed by atoms with Crippen molar-refractivity contribution in [2.45, 2.75) is 30.6 Å². The van der Waals surface area contributed by atoms with E-state index in [2.05, 4.69) is 29.8 Å². The lowest BCUT2D eigenvalue weighted by atomic mass is 9.94. The normalized spacial score (nSPS) is 16.9. The van der Waals surface area contributed by atoms with Crippen LogP contribution in [0, 0.1) is 12.7 Å². The third-order valence-corrected chi connectivity index (χ3v) is 7.52. The zero-order chi connectivity index (χ0) is 19.2. The van der Waals surface area contributed by atoms with Gasteiger partial charge in [0.15, 0.2) is 0 Å². The summed E-state index contributed by atoms with van der Waals surface area (Å²) >= 11 is 0. The van der Waals surface area contributed by atoms with Crippen molar-refractivity contribution in [1.82, 2.24) is 8.87 Å². The molecule has 0 radical (unpaired) electrons. The molecular formula is C21H23FN2O2S. The summed E-state index contributed by atoms with van der Waals surface area (Å²) < 4.78 is 43.0. The van der Waals surface area contributed by atoms with Gasteiger partial charge in [0.25, 0.3) is 0 Å². The van der Waals surface area contributed by atoms with Crippen LogP contribution in [0.25, 0.3) is 10.9 Å². The van der Waals surface area contributed by atoms with Crippen molar-refractivity contribution in [3.8, 4) is 0 Å². The average molecular weight is 386 g/mol. The fourth-order valence-corrected chi connectivity index (χ4v) is 5.58. The molecule has 1 aliphatic rings. The van der Waals surface area contributed by atoms with Crippen LogP contribution >= 0.6 is 0 Å². The van der Waals surface area contributed by atoms with E-state index in [0.29, 0.717) is 24.6 Å². The van der Waals surface area contributed by atoms with E-state index < -0.39 is 10.0 Å². The minimum Gasteiger partial charge on any atom is -0.347 e. The zero-order valence-electron chi connectivity index (χ0n) is 15.5. The minimum atomic E-state index is -3.58. The summed E-state index contributed by atoms with van der Waals surface area (Å²) in [5.41, 5.74) is 2.80. The molecule has 1 aliphatic heterocycles. The van der Waals surface area contributed by atoms with E-state index in [1.807, 2.05) is 12.1 Å². The number of halogens is 1. The van der Waals surface area contributed by atoms with Crippen LogP contribution in [-0.2, 0) is 17.1 Å². The first-order valence-electron chi connectivity index (χ1n) is 9.18. The van der Waals surface area contributed by atoms with Gasteiger partial charge in [-0.15, -0.1) is 0 Å². The Morgan fingerprint density at radius 1 is 1.04 bits per heavy atom. The van der Waals surface area contributed by atoms with Crippen LogP contribution in [0.1, 0.15) is 30.0 Å². The molecule has 0 atom stereocenters. The van der Waals surface area contributed by atoms with Crippen molar-refractivity contribution in [2.24, 2.45) is 7.05 Å². The van der Waals surface area contributed by atoms with E-state index in [4.69, 9.17) is 0 Å². The van der Waals surface area contributed by atoms with E-state index in [9.17, 15) is 12.8 Å². The smallest absolute Gasteiger partial charge is 0.243 e. The molecule has 1 saturated heterocycles. The van der Waals surface area contributed by atoms with Crippen LogP contribution in [0.5, 0.6) is 0 Å². The summed E-state index contributed by atoms with van der Waals surface area (Å²) in [5.74, 6) is -0.0489. The van der Waals surface area contributed by atoms with Gasteiger partial charge in [0.1, 0.15) is 5.82 Å². The number of aromatic nitrogens is 1. The molecule has 0 aliphatic carbocycles. The average Bonchev–Trinajstić information content (AvgIpc) is 3.01. The fraction of sp³-hybridized carbons (Fsp3) is 0.333. The van der Waals surface area contributed by atoms with Gasteiger partial charge in [0.05, 0.1) is 4.90 Å². The quantitative estimate of drug-likeness (QED) is 0.677. The van der Waals surface area contributed by atoms with Crippen molar-refractivity contribution >= 4 is 20.9 Å². The summed E-state index contributed by atoms with van der Waals surface area (Å²) in [5, 5.41) is 1.21. The highest BCUT2D eigenvalue weighted by Gasteiger charge is 2.31. The van der Waals surface area contributed by atoms with E-state index >= 15 is 0 Å². The summed E-state index contributed by atoms with van der Waals surface area (Å²) in [6, 6.07) is 14.5. The molecule has 0 unspecified atom stereocenters. The molecule has 4 nitrogen and oxygen atoms in total. The molecular weight excluding hydrogens is 363 g/mol. The van der Waals surface area contributed by atoms with Crippen LogP contribution in [0.3, 0.4) is 0 Å². The van der Waals surface area contributed by atoms with Gasteiger partial charge >= 0.3 is 0 Å². The van der Waals surface area contributed by atoms with E-state index in [1.54, 1.807) is 6.92 Å². The number of aryl methyl sites for hydroxylation is 2. The van der Waals surface area contributed by atoms with E-state index in [-0.39, 0.29) is 10.7 Å². The summed E-state index contributed by atoms with van der Waals surface area (Å²) in [7, 11) is -1.51. The molecule has 4 rings (SSSR count). The van der Waals surface area contributed by atoms with Gasteiger partial charge in [-0.05, 0) is 61.0 Å². The predicted molar refractivity (Wildman–Crippen MR) is 105 cm³/mol. The predicted octanol–water partition coefficient (Wildman–Crippen LogP) is 4.19. The maximum absolute atomic E-state index is 13.5. The first kappa shape index (κ1) is 18.2. The number of benzene rings is 2. The Kier molecular flexibility index (Phi) is 4.56. The molecule has 0 bridgehead atoms. The molecule has 1 aromatic heterocycles. The number of fused-ring (bicyclic) bond motifs is 1. The number of sulfonamides is 1. The molecule has 0 saturated carbocycles. The molecule has 2 aromatic carbocycles. The van der Waals surface area contributed by atoms with Crippen LogP contribution in [0.4, 0.5) is 4.39 Å². The van der Waals surface area contributed by atoms with Gasteiger partial charge in [0, 0.05) is 37.3 Å². The number of piperidine rings is 1. The number of nitrogens with zero attached hydrogens (tertiary/aromatic N) is 2. The topological polar surface area (TPSA) is 42.3 Å². The second-order valence-corrected chi connectivity index (χ2v) is 9.21. The third-order valence-electron chi connectivity index (χ3n) is 5.63. The first-order valence-corrected chi connectivity index (χ1v) is 10.6. The van der Waals surface area contributed by atoms with Crippen LogP contribution < -0.4 is 0 Å². The molecule has 2 heterocycles. The van der Waals surface area contributed by atoms with Gasteiger partial charge in [-0.2, -0.15) is 4.31 Å². The lowest BCUT2D eigenvalue weighted by Gasteiger charge is -2.31. The van der Waals surface area contributed by atoms with Crippen molar-refractivity contribution in [1.29, 1.82) is 0 Å². The number of hydrogen-bond donors (Lipinski definition) is 0. The summed E-state index contributed by atoms with van der Waals surface area (Å²) in [6.45, 7) is 2.54. The third kappa shape index (κ3) is 3.17. The standard InChI is InChI=1S/C21H23FN2O2S/c1-15-13-18(7-8-19(15)22)27(25,26)24-11-9-16(10-12-24)21-14-17-5-3-4-6-20(17)23(21)2/h3-8,13-14,16H,9-12H2,1-2H3. The molecule has 6 heteroatoms. The maximum atomic E-state index is 13.5. The highest BCUT2D eigenvalue weighted by atomic mass is 32.2. The SMILES string of the molecule is Cc1cc(S(=O)(=O)N2CCC(c3cc4ccccc4n3C)CC2)ccc1F. The monoisotopic (exact) mass is 386 g/mol. The minimum absolute atomic E-state index is 0.171. The highest BCUT2D eigenvalue weighted by molar-refractivity contribution is 7.89. The van der Waals surface area contributed by atoms with Crippen LogP contribution in [0.15, 0.2) is 53.4 Å². The van der Waals surface area contributed by atoms with Gasteiger partial charge in [-0.3, -0.25) is 0 Å². The second-order valence-electron chi connectivity index (χ2n) is 7.28. The Morgan fingerprint density at radius 3 is 2.41 bits per heavy atom. The molecule has 3 aromatic rings. The molecule has 1 fully saturated rings. The second kappa shape index (κ2) is 6.77. The highest BCUT2D eigenvalue weighted by Crippen LogP contribution is 2.33. The Labute approximate surface area is 159 Å². The van der Waals surface area contributed by atoms with E-state index in [1.165, 1.54) is 39.1 Å². The zero-order valence-corrected chi connectivity index (χ0v) is 16.3. The maximum Gasteiger partial charge on any atom is 0.243 e. The van der Waals surface area contributed by atoms with Crippen LogP contribution in [-0.4, -0.2) is 30.4 Å². The van der Waals surface area contributed by atoms with Gasteiger partial charge in [0.2, 0.25) is 10.0 Å². The summed E-state index contributed by atoms with van der Waals surface area (Å²) in [4.78, 5) is 0.171. The Morgan fingerprint density at radius 2 is 1.74 bits per heavy atom. The Bertz CT molecular complexity index is 1100. The Balaban J connectivity index is 1.54. The largest absolute Gasteiger partial charge is 0.347 e. The number of rotatable bonds is 3. The van der Waals surface area contributed by atoms with E-state index in [0.717, 1.165) is 12.8 Å². The molecule has 27 heavy (non-hydrogen) atoms. The molecule has 0 N–H and O–H groups in total. The van der Waals surface area contributed by atoms with Crippen molar-refractivity contribution in [3.63, 3.8) is 0 Å². The molecule has 142 valence electrons. The van der Waals surface area contributed by atoms with Gasteiger partial charge in [-0.25, -0.2) is 12.8 Å². The van der Waals surface area contributed by atoms with Gasteiger partial charge in [-0.1, -0.05) is 18.2 Å². The van der Waals surface area contributed by atoms with Crippen molar-refractivity contribution < 1.29 is 12.8 Å². The molecule has 0 spiro atoms. The lowest BCUT2D eigenvalue weighted by molar-refractivity contribution is 0.314. The number of para-hydroxylation sites is 1. The van der Waals surface area contributed by atoms with Crippen molar-refractivity contribution in [3.05, 3.63) is 65.6 Å². The lowest BCUT2D eigenvalue weighted by Crippen LogP contribution is -2.38. The number of hydrogen-bond acceptors (Lipinski definition) is 2. The Hall–Kier alpha value is -2.18. The van der Waals surface area contributed by atoms with Crippen molar-refractivity contribution in [2.75, 3.05) is 13.1 Å². The first-order chi connectivity index (χ1) is 12.9. The summed E-state index contributed by atoms with van der Waals surface area (Å²) in [6.07, 6.45) is 1.56.